The number of carbonyl (C=O) groups excluding carboxylic acids is 1. The van der Waals surface area contributed by atoms with E-state index in [4.69, 9.17) is 9.72 Å². The van der Waals surface area contributed by atoms with Crippen molar-refractivity contribution >= 4 is 5.91 Å². The summed E-state index contributed by atoms with van der Waals surface area (Å²) in [5.41, 5.74) is 2.58. The first-order valence-electron chi connectivity index (χ1n) is 10.9. The van der Waals surface area contributed by atoms with Crippen molar-refractivity contribution in [2.24, 2.45) is 0 Å². The first-order chi connectivity index (χ1) is 15.5. The molecule has 32 heavy (non-hydrogen) atoms. The fourth-order valence-electron chi connectivity index (χ4n) is 4.50. The Hall–Kier alpha value is -3.25. The number of aryl methyl sites for hydroxylation is 1. The number of halogens is 1. The number of hydrogen-bond donors (Lipinski definition) is 1. The van der Waals surface area contributed by atoms with Gasteiger partial charge in [0, 0.05) is 24.8 Å². The van der Waals surface area contributed by atoms with Crippen LogP contribution >= 0.6 is 0 Å². The highest BCUT2D eigenvalue weighted by atomic mass is 19.1. The molecule has 2 heterocycles. The molecule has 1 aromatic heterocycles. The molecule has 1 N–H and O–H groups in total. The van der Waals surface area contributed by atoms with E-state index in [-0.39, 0.29) is 18.3 Å². The van der Waals surface area contributed by atoms with Crippen LogP contribution in [-0.4, -0.2) is 29.4 Å². The highest BCUT2D eigenvalue weighted by Gasteiger charge is 2.49. The minimum atomic E-state index is -0.823. The molecule has 0 bridgehead atoms. The zero-order valence-corrected chi connectivity index (χ0v) is 18.5. The van der Waals surface area contributed by atoms with E-state index in [0.29, 0.717) is 13.0 Å². The summed E-state index contributed by atoms with van der Waals surface area (Å²) in [5, 5.41) is 2.86. The Bertz CT molecular complexity index is 1100. The maximum atomic E-state index is 13.5. The van der Waals surface area contributed by atoms with Crippen LogP contribution in [0.1, 0.15) is 35.4 Å². The largest absolute Gasteiger partial charge is 0.489 e. The Labute approximate surface area is 188 Å². The second-order valence-corrected chi connectivity index (χ2v) is 8.16. The monoisotopic (exact) mass is 433 g/mol. The molecule has 3 aromatic rings. The number of nitrogens with one attached hydrogen (secondary N) is 1. The summed E-state index contributed by atoms with van der Waals surface area (Å²) in [4.78, 5) is 20.1. The van der Waals surface area contributed by atoms with E-state index >= 15 is 0 Å². The second-order valence-electron chi connectivity index (χ2n) is 8.16. The molecule has 5 nitrogen and oxygen atoms in total. The molecule has 1 atom stereocenters. The van der Waals surface area contributed by atoms with E-state index in [2.05, 4.69) is 10.2 Å². The van der Waals surface area contributed by atoms with Gasteiger partial charge in [-0.25, -0.2) is 4.39 Å². The maximum Gasteiger partial charge on any atom is 0.246 e. The maximum absolute atomic E-state index is 13.5. The zero-order chi connectivity index (χ0) is 22.6. The number of pyridine rings is 1. The molecule has 166 valence electrons. The molecular formula is C26H28FN3O2. The van der Waals surface area contributed by atoms with Crippen molar-refractivity contribution in [3.05, 3.63) is 95.1 Å². The van der Waals surface area contributed by atoms with E-state index in [1.807, 2.05) is 55.5 Å². The number of ether oxygens (including phenoxy) is 1. The molecule has 1 amide bonds. The lowest BCUT2D eigenvalue weighted by atomic mass is 9.89. The molecule has 6 heteroatoms. The Kier molecular flexibility index (Phi) is 6.51. The van der Waals surface area contributed by atoms with Gasteiger partial charge < -0.3 is 10.1 Å². The van der Waals surface area contributed by atoms with E-state index in [1.165, 1.54) is 12.1 Å². The number of aromatic nitrogens is 1. The van der Waals surface area contributed by atoms with E-state index < -0.39 is 5.54 Å². The summed E-state index contributed by atoms with van der Waals surface area (Å²) in [6.45, 7) is 3.54. The standard InChI is InChI=1S/C26H28FN3O2/c1-19-8-5-13-24(29-19)26(25(31)28-2)14-7-15-30(26)17-21-10-3-4-12-23(21)32-18-20-9-6-11-22(27)16-20/h3-6,8-13,16H,7,14-15,17-18H2,1-2H3,(H,28,31)/t26-/m1/s1. The van der Waals surface area contributed by atoms with Crippen LogP contribution in [0.15, 0.2) is 66.7 Å². The molecule has 0 aliphatic carbocycles. The summed E-state index contributed by atoms with van der Waals surface area (Å²) in [5.74, 6) is 0.399. The first-order valence-corrected chi connectivity index (χ1v) is 10.9. The van der Waals surface area contributed by atoms with Gasteiger partial charge in [0.05, 0.1) is 5.69 Å². The number of hydrogen-bond acceptors (Lipinski definition) is 4. The molecule has 4 rings (SSSR count). The molecular weight excluding hydrogens is 405 g/mol. The first kappa shape index (κ1) is 22.0. The van der Waals surface area contributed by atoms with Crippen LogP contribution in [0.2, 0.25) is 0 Å². The molecule has 0 saturated carbocycles. The molecule has 0 spiro atoms. The normalized spacial score (nSPS) is 18.5. The van der Waals surface area contributed by atoms with Gasteiger partial charge in [-0.05, 0) is 62.2 Å². The molecule has 2 aromatic carbocycles. The summed E-state index contributed by atoms with van der Waals surface area (Å²) in [6.07, 6.45) is 1.60. The minimum absolute atomic E-state index is 0.0498. The summed E-state index contributed by atoms with van der Waals surface area (Å²) >= 11 is 0. The van der Waals surface area contributed by atoms with Gasteiger partial charge in [0.1, 0.15) is 23.7 Å². The number of likely N-dealkylation sites (N-methyl/N-ethyl adjacent to an activating group) is 1. The van der Waals surface area contributed by atoms with Gasteiger partial charge in [-0.1, -0.05) is 36.4 Å². The fraction of sp³-hybridized carbons (Fsp3) is 0.308. The predicted molar refractivity (Wildman–Crippen MR) is 122 cm³/mol. The van der Waals surface area contributed by atoms with Crippen LogP contribution in [0, 0.1) is 12.7 Å². The number of amides is 1. The molecule has 0 radical (unpaired) electrons. The van der Waals surface area contributed by atoms with Crippen LogP contribution in [-0.2, 0) is 23.5 Å². The van der Waals surface area contributed by atoms with E-state index in [1.54, 1.807) is 13.1 Å². The predicted octanol–water partition coefficient (Wildman–Crippen LogP) is 4.35. The summed E-state index contributed by atoms with van der Waals surface area (Å²) in [6, 6.07) is 20.1. The lowest BCUT2D eigenvalue weighted by Gasteiger charge is -2.36. The third-order valence-electron chi connectivity index (χ3n) is 6.04. The van der Waals surface area contributed by atoms with Crippen LogP contribution in [0.5, 0.6) is 5.75 Å². The Morgan fingerprint density at radius 1 is 1.16 bits per heavy atom. The van der Waals surface area contributed by atoms with Gasteiger partial charge in [-0.2, -0.15) is 0 Å². The smallest absolute Gasteiger partial charge is 0.246 e. The number of rotatable bonds is 7. The number of likely N-dealkylation sites (tertiary alicyclic amines) is 1. The average molecular weight is 434 g/mol. The molecule has 0 unspecified atom stereocenters. The van der Waals surface area contributed by atoms with Crippen molar-refractivity contribution in [3.63, 3.8) is 0 Å². The van der Waals surface area contributed by atoms with Gasteiger partial charge >= 0.3 is 0 Å². The quantitative estimate of drug-likeness (QED) is 0.602. The second kappa shape index (κ2) is 9.49. The fourth-order valence-corrected chi connectivity index (χ4v) is 4.50. The van der Waals surface area contributed by atoms with Crippen molar-refractivity contribution in [2.45, 2.75) is 38.5 Å². The Morgan fingerprint density at radius 3 is 2.75 bits per heavy atom. The van der Waals surface area contributed by atoms with E-state index in [9.17, 15) is 9.18 Å². The topological polar surface area (TPSA) is 54.5 Å². The average Bonchev–Trinajstić information content (AvgIpc) is 3.22. The lowest BCUT2D eigenvalue weighted by Crippen LogP contribution is -2.52. The van der Waals surface area contributed by atoms with Crippen molar-refractivity contribution in [3.8, 4) is 5.75 Å². The van der Waals surface area contributed by atoms with Gasteiger partial charge in [0.2, 0.25) is 5.91 Å². The molecule has 1 aliphatic rings. The zero-order valence-electron chi connectivity index (χ0n) is 18.5. The van der Waals surface area contributed by atoms with Gasteiger partial charge in [-0.15, -0.1) is 0 Å². The molecule has 1 aliphatic heterocycles. The lowest BCUT2D eigenvalue weighted by molar-refractivity contribution is -0.132. The van der Waals surface area contributed by atoms with E-state index in [0.717, 1.165) is 41.2 Å². The Balaban J connectivity index is 1.62. The van der Waals surface area contributed by atoms with Gasteiger partial charge in [0.15, 0.2) is 0 Å². The minimum Gasteiger partial charge on any atom is -0.489 e. The SMILES string of the molecule is CNC(=O)[C@]1(c2cccc(C)n2)CCCN1Cc1ccccc1OCc1cccc(F)c1. The van der Waals surface area contributed by atoms with Crippen LogP contribution in [0.25, 0.3) is 0 Å². The number of nitrogens with zero attached hydrogens (tertiary/aromatic N) is 2. The third-order valence-corrected chi connectivity index (χ3v) is 6.04. The third kappa shape index (κ3) is 4.36. The summed E-state index contributed by atoms with van der Waals surface area (Å²) < 4.78 is 19.6. The number of carbonyl (C=O) groups is 1. The molecule has 1 fully saturated rings. The summed E-state index contributed by atoms with van der Waals surface area (Å²) in [7, 11) is 1.67. The van der Waals surface area contributed by atoms with Crippen molar-refractivity contribution in [1.82, 2.24) is 15.2 Å². The molecule has 1 saturated heterocycles. The van der Waals surface area contributed by atoms with Crippen molar-refractivity contribution in [2.75, 3.05) is 13.6 Å². The number of para-hydroxylation sites is 1. The van der Waals surface area contributed by atoms with Crippen LogP contribution < -0.4 is 10.1 Å². The number of benzene rings is 2. The van der Waals surface area contributed by atoms with Gasteiger partial charge in [0.25, 0.3) is 0 Å². The Morgan fingerprint density at radius 2 is 1.97 bits per heavy atom. The van der Waals surface area contributed by atoms with Crippen molar-refractivity contribution < 1.29 is 13.9 Å². The highest BCUT2D eigenvalue weighted by Crippen LogP contribution is 2.40. The van der Waals surface area contributed by atoms with Crippen LogP contribution in [0.4, 0.5) is 4.39 Å². The van der Waals surface area contributed by atoms with Gasteiger partial charge in [-0.3, -0.25) is 14.7 Å². The highest BCUT2D eigenvalue weighted by molar-refractivity contribution is 5.87. The van der Waals surface area contributed by atoms with Crippen molar-refractivity contribution in [1.29, 1.82) is 0 Å². The van der Waals surface area contributed by atoms with Crippen LogP contribution in [0.3, 0.4) is 0 Å².